The van der Waals surface area contributed by atoms with Crippen LogP contribution >= 0.6 is 0 Å². The first-order chi connectivity index (χ1) is 14.0. The third kappa shape index (κ3) is 4.16. The Morgan fingerprint density at radius 3 is 2.62 bits per heavy atom. The van der Waals surface area contributed by atoms with E-state index in [0.29, 0.717) is 22.7 Å². The summed E-state index contributed by atoms with van der Waals surface area (Å²) in [5, 5.41) is 5.68. The molecule has 0 spiro atoms. The van der Waals surface area contributed by atoms with Crippen LogP contribution in [0.5, 0.6) is 11.5 Å². The zero-order valence-corrected chi connectivity index (χ0v) is 16.9. The van der Waals surface area contributed by atoms with Crippen molar-refractivity contribution in [3.63, 3.8) is 0 Å². The van der Waals surface area contributed by atoms with Gasteiger partial charge in [0.1, 0.15) is 11.5 Å². The second kappa shape index (κ2) is 8.64. The first-order valence-electron chi connectivity index (χ1n) is 9.29. The van der Waals surface area contributed by atoms with Crippen LogP contribution in [0.25, 0.3) is 5.52 Å². The number of aromatic nitrogens is 2. The van der Waals surface area contributed by atoms with Crippen molar-refractivity contribution in [2.75, 3.05) is 19.5 Å². The fourth-order valence-electron chi connectivity index (χ4n) is 2.84. The second-order valence-electron chi connectivity index (χ2n) is 6.54. The second-order valence-corrected chi connectivity index (χ2v) is 6.54. The van der Waals surface area contributed by atoms with E-state index in [1.54, 1.807) is 54.1 Å². The number of methoxy groups -OCH3 is 2. The van der Waals surface area contributed by atoms with Crippen molar-refractivity contribution in [3.8, 4) is 11.5 Å². The minimum absolute atomic E-state index is 0.00352. The number of hydrogen-bond donors (Lipinski definition) is 2. The van der Waals surface area contributed by atoms with Crippen molar-refractivity contribution >= 4 is 23.0 Å². The van der Waals surface area contributed by atoms with Crippen LogP contribution in [0.4, 0.5) is 5.69 Å². The van der Waals surface area contributed by atoms with E-state index in [2.05, 4.69) is 15.6 Å². The van der Waals surface area contributed by atoms with E-state index in [0.717, 1.165) is 6.42 Å². The molecule has 0 fully saturated rings. The summed E-state index contributed by atoms with van der Waals surface area (Å²) >= 11 is 0. The number of nitrogens with one attached hydrogen (secondary N) is 2. The summed E-state index contributed by atoms with van der Waals surface area (Å²) in [6, 6.07) is 10.4. The van der Waals surface area contributed by atoms with E-state index in [4.69, 9.17) is 9.47 Å². The lowest BCUT2D eigenvalue weighted by atomic mass is 10.2. The molecule has 0 saturated carbocycles. The first kappa shape index (κ1) is 20.2. The average molecular weight is 396 g/mol. The summed E-state index contributed by atoms with van der Waals surface area (Å²) < 4.78 is 12.1. The molecule has 0 bridgehead atoms. The van der Waals surface area contributed by atoms with Crippen molar-refractivity contribution in [2.24, 2.45) is 0 Å². The molecule has 1 atom stereocenters. The van der Waals surface area contributed by atoms with E-state index in [1.807, 2.05) is 13.8 Å². The maximum atomic E-state index is 13.0. The molecule has 8 heteroatoms. The molecule has 0 saturated heterocycles. The summed E-state index contributed by atoms with van der Waals surface area (Å²) in [4.78, 5) is 29.9. The molecule has 2 aromatic heterocycles. The lowest BCUT2D eigenvalue weighted by molar-refractivity contribution is 0.0936. The molecule has 2 N–H and O–H groups in total. The normalized spacial score (nSPS) is 11.7. The number of amides is 2. The Bertz CT molecular complexity index is 1040. The topological polar surface area (TPSA) is 94.0 Å². The Morgan fingerprint density at radius 2 is 1.93 bits per heavy atom. The van der Waals surface area contributed by atoms with E-state index in [9.17, 15) is 9.59 Å². The summed E-state index contributed by atoms with van der Waals surface area (Å²) in [5.74, 6) is 0.387. The van der Waals surface area contributed by atoms with E-state index in [1.165, 1.54) is 7.11 Å². The molecule has 1 unspecified atom stereocenters. The molecule has 2 heterocycles. The highest BCUT2D eigenvalue weighted by molar-refractivity contribution is 6.06. The van der Waals surface area contributed by atoms with Crippen molar-refractivity contribution in [1.82, 2.24) is 14.7 Å². The summed E-state index contributed by atoms with van der Waals surface area (Å²) in [6.45, 7) is 3.90. The predicted molar refractivity (Wildman–Crippen MR) is 110 cm³/mol. The molecular formula is C21H24N4O4. The van der Waals surface area contributed by atoms with Gasteiger partial charge in [-0.1, -0.05) is 13.0 Å². The number of rotatable bonds is 7. The number of carbonyl (C=O) groups is 2. The maximum Gasteiger partial charge on any atom is 0.292 e. The molecule has 3 aromatic rings. The number of benzene rings is 1. The third-order valence-corrected chi connectivity index (χ3v) is 4.61. The Hall–Kier alpha value is -3.55. The quantitative estimate of drug-likeness (QED) is 0.640. The number of nitrogens with zero attached hydrogens (tertiary/aromatic N) is 2. The SMILES string of the molecule is CCC(C)NC(=O)c1nc(C(=O)Nc2ccc(OC)cc2OC)n2ccccc12. The van der Waals surface area contributed by atoms with Crippen LogP contribution in [0.1, 0.15) is 41.4 Å². The van der Waals surface area contributed by atoms with Crippen LogP contribution in [0.15, 0.2) is 42.6 Å². The van der Waals surface area contributed by atoms with Gasteiger partial charge < -0.3 is 20.1 Å². The smallest absolute Gasteiger partial charge is 0.292 e. The van der Waals surface area contributed by atoms with Gasteiger partial charge in [0.25, 0.3) is 11.8 Å². The predicted octanol–water partition coefficient (Wildman–Crippen LogP) is 3.13. The molecule has 0 aliphatic rings. The lowest BCUT2D eigenvalue weighted by Gasteiger charge is -2.11. The van der Waals surface area contributed by atoms with Gasteiger partial charge in [0.15, 0.2) is 5.69 Å². The molecule has 1 aromatic carbocycles. The Balaban J connectivity index is 1.96. The number of ether oxygens (including phenoxy) is 2. The molecule has 29 heavy (non-hydrogen) atoms. The number of hydrogen-bond acceptors (Lipinski definition) is 5. The van der Waals surface area contributed by atoms with Gasteiger partial charge in [0.2, 0.25) is 5.82 Å². The van der Waals surface area contributed by atoms with Crippen LogP contribution < -0.4 is 20.1 Å². The average Bonchev–Trinajstić information content (AvgIpc) is 3.13. The van der Waals surface area contributed by atoms with Crippen molar-refractivity contribution < 1.29 is 19.1 Å². The van der Waals surface area contributed by atoms with Gasteiger partial charge in [0.05, 0.1) is 25.4 Å². The highest BCUT2D eigenvalue weighted by Crippen LogP contribution is 2.29. The van der Waals surface area contributed by atoms with Crippen LogP contribution in [0.2, 0.25) is 0 Å². The highest BCUT2D eigenvalue weighted by Gasteiger charge is 2.23. The lowest BCUT2D eigenvalue weighted by Crippen LogP contribution is -2.32. The molecule has 152 valence electrons. The van der Waals surface area contributed by atoms with Gasteiger partial charge in [-0.3, -0.25) is 14.0 Å². The Kier molecular flexibility index (Phi) is 6.01. The van der Waals surface area contributed by atoms with Gasteiger partial charge in [-0.2, -0.15) is 0 Å². The molecule has 0 radical (unpaired) electrons. The van der Waals surface area contributed by atoms with Gasteiger partial charge in [0, 0.05) is 18.3 Å². The van der Waals surface area contributed by atoms with Crippen LogP contribution in [-0.4, -0.2) is 41.5 Å². The molecule has 8 nitrogen and oxygen atoms in total. The van der Waals surface area contributed by atoms with E-state index < -0.39 is 5.91 Å². The fourth-order valence-corrected chi connectivity index (χ4v) is 2.84. The van der Waals surface area contributed by atoms with E-state index >= 15 is 0 Å². The van der Waals surface area contributed by atoms with Gasteiger partial charge in [-0.15, -0.1) is 0 Å². The van der Waals surface area contributed by atoms with Crippen molar-refractivity contribution in [3.05, 3.63) is 54.1 Å². The Morgan fingerprint density at radius 1 is 1.14 bits per heavy atom. The fraction of sp³-hybridized carbons (Fsp3) is 0.286. The van der Waals surface area contributed by atoms with Crippen LogP contribution in [0, 0.1) is 0 Å². The number of pyridine rings is 1. The number of fused-ring (bicyclic) bond motifs is 1. The van der Waals surface area contributed by atoms with Gasteiger partial charge >= 0.3 is 0 Å². The largest absolute Gasteiger partial charge is 0.497 e. The van der Waals surface area contributed by atoms with Crippen molar-refractivity contribution in [1.29, 1.82) is 0 Å². The van der Waals surface area contributed by atoms with Crippen LogP contribution in [-0.2, 0) is 0 Å². The Labute approximate surface area is 168 Å². The molecule has 2 amide bonds. The molecular weight excluding hydrogens is 372 g/mol. The molecule has 3 rings (SSSR count). The number of imidazole rings is 1. The highest BCUT2D eigenvalue weighted by atomic mass is 16.5. The standard InChI is InChI=1S/C21H24N4O4/c1-5-13(2)22-20(26)18-16-8-6-7-11-25(16)19(24-18)21(27)23-15-10-9-14(28-3)12-17(15)29-4/h6-13H,5H2,1-4H3,(H,22,26)(H,23,27). The minimum atomic E-state index is -0.461. The zero-order chi connectivity index (χ0) is 21.0. The maximum absolute atomic E-state index is 13.0. The monoisotopic (exact) mass is 396 g/mol. The third-order valence-electron chi connectivity index (χ3n) is 4.61. The molecule has 0 aliphatic heterocycles. The summed E-state index contributed by atoms with van der Waals surface area (Å²) in [5.41, 5.74) is 1.23. The van der Waals surface area contributed by atoms with Gasteiger partial charge in [-0.25, -0.2) is 4.98 Å². The van der Waals surface area contributed by atoms with Gasteiger partial charge in [-0.05, 0) is 37.6 Å². The van der Waals surface area contributed by atoms with Crippen molar-refractivity contribution in [2.45, 2.75) is 26.3 Å². The number of anilines is 1. The summed E-state index contributed by atoms with van der Waals surface area (Å²) in [6.07, 6.45) is 2.49. The van der Waals surface area contributed by atoms with E-state index in [-0.39, 0.29) is 23.5 Å². The number of carbonyl (C=O) groups excluding carboxylic acids is 2. The van der Waals surface area contributed by atoms with Crippen LogP contribution in [0.3, 0.4) is 0 Å². The zero-order valence-electron chi connectivity index (χ0n) is 16.9. The first-order valence-corrected chi connectivity index (χ1v) is 9.29. The molecule has 0 aliphatic carbocycles. The summed E-state index contributed by atoms with van der Waals surface area (Å²) in [7, 11) is 3.06. The minimum Gasteiger partial charge on any atom is -0.497 e.